The molecule has 0 radical (unpaired) electrons. The van der Waals surface area contributed by atoms with E-state index in [1.165, 1.54) is 7.05 Å². The summed E-state index contributed by atoms with van der Waals surface area (Å²) in [6.07, 6.45) is 0.398. The molecule has 2 aromatic carbocycles. The summed E-state index contributed by atoms with van der Waals surface area (Å²) >= 11 is 5.80. The Labute approximate surface area is 152 Å². The molecule has 0 heterocycles. The summed E-state index contributed by atoms with van der Waals surface area (Å²) in [5, 5.41) is 3.31. The number of nitrogens with one attached hydrogen (secondary N) is 1. The fourth-order valence-corrected chi connectivity index (χ4v) is 2.59. The van der Waals surface area contributed by atoms with Gasteiger partial charge in [-0.25, -0.2) is 8.42 Å². The third-order valence-electron chi connectivity index (χ3n) is 3.49. The molecule has 0 spiro atoms. The molecule has 0 aromatic heterocycles. The highest BCUT2D eigenvalue weighted by Gasteiger charge is 2.16. The zero-order valence-electron chi connectivity index (χ0n) is 14.1. The lowest BCUT2D eigenvalue weighted by Gasteiger charge is -2.18. The summed E-state index contributed by atoms with van der Waals surface area (Å²) in [7, 11) is -1.86. The van der Waals surface area contributed by atoms with E-state index in [1.807, 2.05) is 0 Å². The van der Waals surface area contributed by atoms with Gasteiger partial charge in [-0.1, -0.05) is 11.6 Å². The van der Waals surface area contributed by atoms with E-state index < -0.39 is 16.1 Å². The number of ether oxygens (including phenoxy) is 1. The quantitative estimate of drug-likeness (QED) is 0.832. The summed E-state index contributed by atoms with van der Waals surface area (Å²) in [5.41, 5.74) is 1.13. The largest absolute Gasteiger partial charge is 0.481 e. The number of carbonyl (C=O) groups is 1. The first-order valence-corrected chi connectivity index (χ1v) is 9.66. The molecule has 0 unspecified atom stereocenters. The normalized spacial score (nSPS) is 12.3. The predicted octanol–water partition coefficient (Wildman–Crippen LogP) is 3.14. The fourth-order valence-electron chi connectivity index (χ4n) is 1.96. The van der Waals surface area contributed by atoms with Gasteiger partial charge in [0, 0.05) is 17.8 Å². The number of anilines is 2. The zero-order valence-corrected chi connectivity index (χ0v) is 15.6. The van der Waals surface area contributed by atoms with Crippen LogP contribution in [0.2, 0.25) is 5.02 Å². The molecule has 0 saturated heterocycles. The fraction of sp³-hybridized carbons (Fsp3) is 0.235. The van der Waals surface area contributed by atoms with Gasteiger partial charge in [0.2, 0.25) is 10.0 Å². The smallest absolute Gasteiger partial charge is 0.265 e. The average molecular weight is 383 g/mol. The third kappa shape index (κ3) is 5.37. The Kier molecular flexibility index (Phi) is 5.92. The molecule has 0 aliphatic heterocycles. The van der Waals surface area contributed by atoms with Crippen molar-refractivity contribution in [1.82, 2.24) is 0 Å². The second-order valence-electron chi connectivity index (χ2n) is 5.48. The minimum absolute atomic E-state index is 0.306. The van der Waals surface area contributed by atoms with Crippen molar-refractivity contribution < 1.29 is 17.9 Å². The number of rotatable bonds is 6. The maximum Gasteiger partial charge on any atom is 0.265 e. The van der Waals surface area contributed by atoms with E-state index in [0.29, 0.717) is 22.1 Å². The molecule has 0 aliphatic carbocycles. The van der Waals surface area contributed by atoms with Crippen LogP contribution >= 0.6 is 11.6 Å². The molecule has 2 rings (SSSR count). The van der Waals surface area contributed by atoms with Gasteiger partial charge in [-0.2, -0.15) is 0 Å². The SMILES string of the molecule is C[C@H](Oc1ccc(N(C)S(C)(=O)=O)cc1)C(=O)Nc1ccc(Cl)cc1. The van der Waals surface area contributed by atoms with Crippen LogP contribution in [0.15, 0.2) is 48.5 Å². The first-order valence-electron chi connectivity index (χ1n) is 7.44. The van der Waals surface area contributed by atoms with Crippen LogP contribution in [0.25, 0.3) is 0 Å². The van der Waals surface area contributed by atoms with Crippen molar-refractivity contribution in [1.29, 1.82) is 0 Å². The predicted molar refractivity (Wildman–Crippen MR) is 99.9 cm³/mol. The van der Waals surface area contributed by atoms with Crippen molar-refractivity contribution >= 4 is 38.9 Å². The minimum Gasteiger partial charge on any atom is -0.481 e. The van der Waals surface area contributed by atoms with Crippen LogP contribution in [0.4, 0.5) is 11.4 Å². The minimum atomic E-state index is -3.32. The monoisotopic (exact) mass is 382 g/mol. The van der Waals surface area contributed by atoms with E-state index in [4.69, 9.17) is 16.3 Å². The van der Waals surface area contributed by atoms with E-state index >= 15 is 0 Å². The molecule has 1 atom stereocenters. The molecular formula is C17H19ClN2O4S. The van der Waals surface area contributed by atoms with E-state index in [2.05, 4.69) is 5.32 Å². The van der Waals surface area contributed by atoms with Gasteiger partial charge in [0.1, 0.15) is 5.75 Å². The van der Waals surface area contributed by atoms with Crippen LogP contribution in [-0.2, 0) is 14.8 Å². The summed E-state index contributed by atoms with van der Waals surface area (Å²) in [6, 6.07) is 13.2. The van der Waals surface area contributed by atoms with Crippen molar-refractivity contribution in [2.24, 2.45) is 0 Å². The molecule has 2 aromatic rings. The van der Waals surface area contributed by atoms with E-state index in [0.717, 1.165) is 10.6 Å². The van der Waals surface area contributed by atoms with Gasteiger partial charge in [-0.3, -0.25) is 9.10 Å². The molecule has 0 aliphatic rings. The summed E-state index contributed by atoms with van der Waals surface area (Å²) in [4.78, 5) is 12.2. The topological polar surface area (TPSA) is 75.7 Å². The molecular weight excluding hydrogens is 364 g/mol. The standard InChI is InChI=1S/C17H19ClN2O4S/c1-12(17(21)19-14-6-4-13(18)5-7-14)24-16-10-8-15(9-11-16)20(2)25(3,22)23/h4-12H,1-3H3,(H,19,21)/t12-/m0/s1. The van der Waals surface area contributed by atoms with E-state index in [1.54, 1.807) is 55.5 Å². The Morgan fingerprint density at radius 2 is 1.68 bits per heavy atom. The second kappa shape index (κ2) is 7.76. The summed E-state index contributed by atoms with van der Waals surface area (Å²) < 4.78 is 29.8. The Hall–Kier alpha value is -2.25. The summed E-state index contributed by atoms with van der Waals surface area (Å²) in [6.45, 7) is 1.63. The zero-order chi connectivity index (χ0) is 18.6. The van der Waals surface area contributed by atoms with Gasteiger partial charge in [-0.05, 0) is 55.5 Å². The first-order chi connectivity index (χ1) is 11.7. The van der Waals surface area contributed by atoms with Crippen LogP contribution in [0.3, 0.4) is 0 Å². The highest BCUT2D eigenvalue weighted by atomic mass is 35.5. The lowest BCUT2D eigenvalue weighted by Crippen LogP contribution is -2.30. The van der Waals surface area contributed by atoms with E-state index in [9.17, 15) is 13.2 Å². The molecule has 0 saturated carbocycles. The van der Waals surface area contributed by atoms with Crippen molar-refractivity contribution in [2.45, 2.75) is 13.0 Å². The van der Waals surface area contributed by atoms with Gasteiger partial charge < -0.3 is 10.1 Å². The average Bonchev–Trinajstić information content (AvgIpc) is 2.56. The Bertz CT molecular complexity index is 836. The van der Waals surface area contributed by atoms with Crippen molar-refractivity contribution in [3.05, 3.63) is 53.6 Å². The first kappa shape index (κ1) is 19.1. The van der Waals surface area contributed by atoms with Crippen LogP contribution in [-0.4, -0.2) is 33.7 Å². The third-order valence-corrected chi connectivity index (χ3v) is 4.95. The number of amides is 1. The molecule has 8 heteroatoms. The number of nitrogens with zero attached hydrogens (tertiary/aromatic N) is 1. The number of hydrogen-bond acceptors (Lipinski definition) is 4. The van der Waals surface area contributed by atoms with Gasteiger partial charge in [0.25, 0.3) is 5.91 Å². The van der Waals surface area contributed by atoms with Crippen LogP contribution in [0.1, 0.15) is 6.92 Å². The van der Waals surface area contributed by atoms with Gasteiger partial charge in [0.05, 0.1) is 11.9 Å². The molecule has 0 fully saturated rings. The Morgan fingerprint density at radius 3 is 2.20 bits per heavy atom. The summed E-state index contributed by atoms with van der Waals surface area (Å²) in [5.74, 6) is 0.157. The van der Waals surface area contributed by atoms with Gasteiger partial charge in [0.15, 0.2) is 6.10 Å². The highest BCUT2D eigenvalue weighted by molar-refractivity contribution is 7.92. The van der Waals surface area contributed by atoms with Crippen LogP contribution < -0.4 is 14.4 Å². The van der Waals surface area contributed by atoms with Crippen molar-refractivity contribution in [3.63, 3.8) is 0 Å². The molecule has 1 N–H and O–H groups in total. The van der Waals surface area contributed by atoms with Crippen molar-refractivity contribution in [3.8, 4) is 5.75 Å². The molecule has 6 nitrogen and oxygen atoms in total. The molecule has 1 amide bonds. The van der Waals surface area contributed by atoms with Crippen LogP contribution in [0.5, 0.6) is 5.75 Å². The lowest BCUT2D eigenvalue weighted by atomic mass is 10.3. The number of halogens is 1. The number of sulfonamides is 1. The number of hydrogen-bond donors (Lipinski definition) is 1. The Morgan fingerprint density at radius 1 is 1.12 bits per heavy atom. The molecule has 0 bridgehead atoms. The van der Waals surface area contributed by atoms with Gasteiger partial charge >= 0.3 is 0 Å². The van der Waals surface area contributed by atoms with Crippen molar-refractivity contribution in [2.75, 3.05) is 22.9 Å². The lowest BCUT2D eigenvalue weighted by molar-refractivity contribution is -0.122. The highest BCUT2D eigenvalue weighted by Crippen LogP contribution is 2.21. The Balaban J connectivity index is 1.99. The molecule has 25 heavy (non-hydrogen) atoms. The molecule has 134 valence electrons. The number of benzene rings is 2. The van der Waals surface area contributed by atoms with Gasteiger partial charge in [-0.15, -0.1) is 0 Å². The maximum absolute atomic E-state index is 12.2. The van der Waals surface area contributed by atoms with Crippen LogP contribution in [0, 0.1) is 0 Å². The second-order valence-corrected chi connectivity index (χ2v) is 7.93. The maximum atomic E-state index is 12.2. The van der Waals surface area contributed by atoms with E-state index in [-0.39, 0.29) is 5.91 Å². The number of carbonyl (C=O) groups excluding carboxylic acids is 1.